The van der Waals surface area contributed by atoms with E-state index in [4.69, 9.17) is 4.74 Å². The van der Waals surface area contributed by atoms with Crippen LogP contribution in [0.1, 0.15) is 31.2 Å². The van der Waals surface area contributed by atoms with E-state index in [0.717, 1.165) is 42.8 Å². The molecular formula is C14H20N4O2. The number of ether oxygens (including phenoxy) is 1. The van der Waals surface area contributed by atoms with Gasteiger partial charge >= 0.3 is 0 Å². The van der Waals surface area contributed by atoms with Crippen LogP contribution in [0.3, 0.4) is 0 Å². The number of tetrazole rings is 1. The number of rotatable bonds is 7. The zero-order chi connectivity index (χ0) is 14.4. The van der Waals surface area contributed by atoms with Gasteiger partial charge in [0, 0.05) is 12.5 Å². The molecule has 2 aromatic rings. The monoisotopic (exact) mass is 276 g/mol. The lowest BCUT2D eigenvalue weighted by Crippen LogP contribution is -2.01. The van der Waals surface area contributed by atoms with Gasteiger partial charge in [-0.3, -0.25) is 0 Å². The third-order valence-electron chi connectivity index (χ3n) is 3.03. The molecule has 1 aromatic heterocycles. The summed E-state index contributed by atoms with van der Waals surface area (Å²) in [6.07, 6.45) is 3.56. The molecule has 0 saturated heterocycles. The van der Waals surface area contributed by atoms with E-state index in [-0.39, 0.29) is 5.75 Å². The van der Waals surface area contributed by atoms with Gasteiger partial charge in [0.25, 0.3) is 0 Å². The molecule has 6 heteroatoms. The Morgan fingerprint density at radius 1 is 1.30 bits per heavy atom. The van der Waals surface area contributed by atoms with Gasteiger partial charge in [-0.2, -0.15) is 4.80 Å². The Balaban J connectivity index is 1.74. The molecule has 0 saturated carbocycles. The Hall–Kier alpha value is -2.11. The lowest BCUT2D eigenvalue weighted by Gasteiger charge is -2.10. The maximum absolute atomic E-state index is 9.48. The van der Waals surface area contributed by atoms with Crippen molar-refractivity contribution in [3.05, 3.63) is 29.6 Å². The van der Waals surface area contributed by atoms with Crippen molar-refractivity contribution in [3.8, 4) is 11.5 Å². The number of aromatic hydroxyl groups is 1. The fraction of sp³-hybridized carbons (Fsp3) is 0.500. The minimum absolute atomic E-state index is 0.237. The molecule has 6 nitrogen and oxygen atoms in total. The number of aryl methyl sites for hydroxylation is 3. The van der Waals surface area contributed by atoms with Crippen molar-refractivity contribution < 1.29 is 9.84 Å². The molecule has 1 aromatic carbocycles. The highest BCUT2D eigenvalue weighted by molar-refractivity contribution is 5.39. The fourth-order valence-corrected chi connectivity index (χ4v) is 1.96. The molecule has 2 rings (SSSR count). The first kappa shape index (κ1) is 14.3. The summed E-state index contributed by atoms with van der Waals surface area (Å²) in [5, 5.41) is 21.3. The van der Waals surface area contributed by atoms with E-state index in [1.165, 1.54) is 4.80 Å². The maximum Gasteiger partial charge on any atom is 0.174 e. The minimum Gasteiger partial charge on any atom is -0.508 e. The van der Waals surface area contributed by atoms with Gasteiger partial charge in [-0.25, -0.2) is 0 Å². The molecule has 0 unspecified atom stereocenters. The first-order valence-corrected chi connectivity index (χ1v) is 6.86. The van der Waals surface area contributed by atoms with Crippen molar-refractivity contribution in [1.82, 2.24) is 20.2 Å². The summed E-state index contributed by atoms with van der Waals surface area (Å²) in [5.41, 5.74) is 1.11. The van der Waals surface area contributed by atoms with E-state index in [2.05, 4.69) is 22.3 Å². The van der Waals surface area contributed by atoms with Crippen LogP contribution in [0.15, 0.2) is 18.2 Å². The summed E-state index contributed by atoms with van der Waals surface area (Å²) in [6.45, 7) is 2.69. The zero-order valence-electron chi connectivity index (χ0n) is 11.9. The van der Waals surface area contributed by atoms with Crippen LogP contribution < -0.4 is 4.74 Å². The van der Waals surface area contributed by atoms with Gasteiger partial charge in [-0.05, 0) is 36.1 Å². The Kier molecular flexibility index (Phi) is 4.92. The molecule has 108 valence electrons. The van der Waals surface area contributed by atoms with E-state index in [0.29, 0.717) is 6.61 Å². The molecule has 0 radical (unpaired) electrons. The van der Waals surface area contributed by atoms with Gasteiger partial charge < -0.3 is 9.84 Å². The molecule has 0 fully saturated rings. The number of aromatic nitrogens is 4. The zero-order valence-corrected chi connectivity index (χ0v) is 11.9. The lowest BCUT2D eigenvalue weighted by molar-refractivity contribution is 0.302. The third kappa shape index (κ3) is 3.94. The average Bonchev–Trinajstić information content (AvgIpc) is 2.84. The number of phenolic OH excluding ortho intramolecular Hbond substituents is 1. The van der Waals surface area contributed by atoms with Crippen LogP contribution in [0.25, 0.3) is 0 Å². The molecule has 0 amide bonds. The molecule has 0 bridgehead atoms. The number of benzene rings is 1. The summed E-state index contributed by atoms with van der Waals surface area (Å²) >= 11 is 0. The highest BCUT2D eigenvalue weighted by Gasteiger charge is 2.04. The molecule has 20 heavy (non-hydrogen) atoms. The van der Waals surface area contributed by atoms with E-state index in [9.17, 15) is 5.11 Å². The molecule has 1 heterocycles. The summed E-state index contributed by atoms with van der Waals surface area (Å²) in [6, 6.07) is 5.25. The van der Waals surface area contributed by atoms with Crippen molar-refractivity contribution in [3.63, 3.8) is 0 Å². The molecule has 0 spiro atoms. The second kappa shape index (κ2) is 6.88. The van der Waals surface area contributed by atoms with Gasteiger partial charge in [0.05, 0.1) is 13.7 Å². The SMILES string of the molecule is CCc1ccc(O)cc1OCCCCc1nnn(C)n1. The first-order chi connectivity index (χ1) is 9.69. The quantitative estimate of drug-likeness (QED) is 0.782. The maximum atomic E-state index is 9.48. The van der Waals surface area contributed by atoms with Crippen LogP contribution in [0.4, 0.5) is 0 Å². The normalized spacial score (nSPS) is 10.7. The van der Waals surface area contributed by atoms with Crippen LogP contribution in [-0.2, 0) is 19.9 Å². The number of nitrogens with zero attached hydrogens (tertiary/aromatic N) is 4. The van der Waals surface area contributed by atoms with Crippen LogP contribution >= 0.6 is 0 Å². The summed E-state index contributed by atoms with van der Waals surface area (Å²) in [7, 11) is 1.76. The van der Waals surface area contributed by atoms with Gasteiger partial charge in [-0.1, -0.05) is 13.0 Å². The highest BCUT2D eigenvalue weighted by atomic mass is 16.5. The topological polar surface area (TPSA) is 73.1 Å². The van der Waals surface area contributed by atoms with Crippen molar-refractivity contribution in [2.45, 2.75) is 32.6 Å². The predicted molar refractivity (Wildman–Crippen MR) is 74.7 cm³/mol. The largest absolute Gasteiger partial charge is 0.508 e. The van der Waals surface area contributed by atoms with Gasteiger partial charge in [0.15, 0.2) is 5.82 Å². The molecule has 1 N–H and O–H groups in total. The molecular weight excluding hydrogens is 256 g/mol. The summed E-state index contributed by atoms with van der Waals surface area (Å²) in [4.78, 5) is 1.46. The Morgan fingerprint density at radius 3 is 2.85 bits per heavy atom. The second-order valence-corrected chi connectivity index (χ2v) is 4.65. The van der Waals surface area contributed by atoms with Crippen molar-refractivity contribution in [2.75, 3.05) is 6.61 Å². The Bertz CT molecular complexity index is 554. The highest BCUT2D eigenvalue weighted by Crippen LogP contribution is 2.24. The second-order valence-electron chi connectivity index (χ2n) is 4.65. The van der Waals surface area contributed by atoms with E-state index < -0.39 is 0 Å². The standard InChI is InChI=1S/C14H20N4O2/c1-3-11-7-8-12(19)10-13(11)20-9-5-4-6-14-15-17-18(2)16-14/h7-8,10,19H,3-6,9H2,1-2H3. The van der Waals surface area contributed by atoms with Crippen molar-refractivity contribution >= 4 is 0 Å². The van der Waals surface area contributed by atoms with Crippen LogP contribution in [0, 0.1) is 0 Å². The molecule has 0 atom stereocenters. The number of phenols is 1. The molecule has 0 aliphatic rings. The fourth-order valence-electron chi connectivity index (χ4n) is 1.96. The molecule has 0 aliphatic heterocycles. The predicted octanol–water partition coefficient (Wildman–Crippen LogP) is 1.88. The van der Waals surface area contributed by atoms with Gasteiger partial charge in [-0.15, -0.1) is 10.2 Å². The van der Waals surface area contributed by atoms with E-state index >= 15 is 0 Å². The van der Waals surface area contributed by atoms with Gasteiger partial charge in [0.2, 0.25) is 0 Å². The van der Waals surface area contributed by atoms with Crippen LogP contribution in [0.2, 0.25) is 0 Å². The number of unbranched alkanes of at least 4 members (excludes halogenated alkanes) is 1. The average molecular weight is 276 g/mol. The molecule has 0 aliphatic carbocycles. The van der Waals surface area contributed by atoms with Crippen LogP contribution in [0.5, 0.6) is 11.5 Å². The van der Waals surface area contributed by atoms with Crippen LogP contribution in [-0.4, -0.2) is 31.9 Å². The summed E-state index contributed by atoms with van der Waals surface area (Å²) in [5.74, 6) is 1.77. The number of hydrogen-bond acceptors (Lipinski definition) is 5. The van der Waals surface area contributed by atoms with Crippen molar-refractivity contribution in [2.24, 2.45) is 7.05 Å². The number of hydrogen-bond donors (Lipinski definition) is 1. The smallest absolute Gasteiger partial charge is 0.174 e. The lowest BCUT2D eigenvalue weighted by atomic mass is 10.1. The van der Waals surface area contributed by atoms with E-state index in [1.54, 1.807) is 19.2 Å². The Labute approximate surface area is 118 Å². The third-order valence-corrected chi connectivity index (χ3v) is 3.03. The minimum atomic E-state index is 0.237. The van der Waals surface area contributed by atoms with Gasteiger partial charge in [0.1, 0.15) is 11.5 Å². The Morgan fingerprint density at radius 2 is 2.15 bits per heavy atom. The van der Waals surface area contributed by atoms with Crippen molar-refractivity contribution in [1.29, 1.82) is 0 Å². The first-order valence-electron chi connectivity index (χ1n) is 6.86. The van der Waals surface area contributed by atoms with E-state index in [1.807, 2.05) is 6.07 Å². The summed E-state index contributed by atoms with van der Waals surface area (Å²) < 4.78 is 5.73.